The maximum absolute atomic E-state index is 12.5. The monoisotopic (exact) mass is 446 g/mol. The summed E-state index contributed by atoms with van der Waals surface area (Å²) < 4.78 is 37.9. The van der Waals surface area contributed by atoms with Gasteiger partial charge in [-0.05, 0) is 48.5 Å². The number of rotatable bonds is 7. The van der Waals surface area contributed by atoms with E-state index in [2.05, 4.69) is 10.0 Å². The van der Waals surface area contributed by atoms with Crippen LogP contribution in [0.25, 0.3) is 0 Å². The van der Waals surface area contributed by atoms with Crippen LogP contribution in [0.3, 0.4) is 0 Å². The lowest BCUT2D eigenvalue weighted by Gasteiger charge is -2.11. The van der Waals surface area contributed by atoms with Crippen LogP contribution in [0.5, 0.6) is 11.5 Å². The van der Waals surface area contributed by atoms with Crippen LogP contribution in [0, 0.1) is 0 Å². The number of hydrogen-bond donors (Lipinski definition) is 2. The van der Waals surface area contributed by atoms with Crippen LogP contribution in [0.15, 0.2) is 71.6 Å². The quantitative estimate of drug-likeness (QED) is 0.560. The summed E-state index contributed by atoms with van der Waals surface area (Å²) in [5, 5.41) is 3.24. The number of nitrogens with one attached hydrogen (secondary N) is 2. The van der Waals surface area contributed by atoms with Gasteiger partial charge in [-0.15, -0.1) is 0 Å². The first-order valence-corrected chi connectivity index (χ1v) is 10.6. The molecule has 3 rings (SSSR count). The summed E-state index contributed by atoms with van der Waals surface area (Å²) in [5.74, 6) is 0.652. The van der Waals surface area contributed by atoms with E-state index < -0.39 is 15.9 Å². The highest BCUT2D eigenvalue weighted by molar-refractivity contribution is 7.92. The third-order valence-electron chi connectivity index (χ3n) is 4.13. The summed E-state index contributed by atoms with van der Waals surface area (Å²) in [4.78, 5) is 12.6. The summed E-state index contributed by atoms with van der Waals surface area (Å²) in [6, 6.07) is 16.9. The average Bonchev–Trinajstić information content (AvgIpc) is 2.75. The summed E-state index contributed by atoms with van der Waals surface area (Å²) in [7, 11) is -0.780. The van der Waals surface area contributed by atoms with Crippen molar-refractivity contribution in [3.05, 3.63) is 77.3 Å². The van der Waals surface area contributed by atoms with Gasteiger partial charge in [0.15, 0.2) is 0 Å². The van der Waals surface area contributed by atoms with Crippen molar-refractivity contribution in [1.29, 1.82) is 0 Å². The van der Waals surface area contributed by atoms with Gasteiger partial charge in [0.25, 0.3) is 15.9 Å². The van der Waals surface area contributed by atoms with E-state index in [4.69, 9.17) is 21.1 Å². The molecule has 0 bridgehead atoms. The molecule has 30 heavy (non-hydrogen) atoms. The molecular weight excluding hydrogens is 428 g/mol. The zero-order chi connectivity index (χ0) is 21.7. The van der Waals surface area contributed by atoms with Crippen molar-refractivity contribution in [2.45, 2.75) is 4.90 Å². The standard InChI is InChI=1S/C21H19ClN2O5S/c1-28-18-11-17(12-19(13-18)29-2)23-21(25)14-3-9-20(10-4-14)30(26,27)24-16-7-5-15(22)6-8-16/h3-13,24H,1-2H3,(H,23,25). The molecule has 0 radical (unpaired) electrons. The van der Waals surface area contributed by atoms with Crippen LogP contribution < -0.4 is 19.5 Å². The molecule has 0 aliphatic rings. The normalized spacial score (nSPS) is 10.9. The SMILES string of the molecule is COc1cc(NC(=O)c2ccc(S(=O)(=O)Nc3ccc(Cl)cc3)cc2)cc(OC)c1. The molecule has 0 unspecified atom stereocenters. The van der Waals surface area contributed by atoms with Gasteiger partial charge in [0.1, 0.15) is 11.5 Å². The zero-order valence-electron chi connectivity index (χ0n) is 16.2. The van der Waals surface area contributed by atoms with Crippen LogP contribution in [0.4, 0.5) is 11.4 Å². The zero-order valence-corrected chi connectivity index (χ0v) is 17.8. The lowest BCUT2D eigenvalue weighted by atomic mass is 10.2. The van der Waals surface area contributed by atoms with Crippen LogP contribution >= 0.6 is 11.6 Å². The van der Waals surface area contributed by atoms with Gasteiger partial charge in [-0.25, -0.2) is 8.42 Å². The lowest BCUT2D eigenvalue weighted by Crippen LogP contribution is -2.15. The van der Waals surface area contributed by atoms with Crippen LogP contribution in [0.1, 0.15) is 10.4 Å². The first kappa shape index (κ1) is 21.5. The molecule has 0 spiro atoms. The van der Waals surface area contributed by atoms with E-state index in [1.807, 2.05) is 0 Å². The van der Waals surface area contributed by atoms with Crippen molar-refractivity contribution in [1.82, 2.24) is 0 Å². The molecule has 0 aliphatic heterocycles. The van der Waals surface area contributed by atoms with Crippen molar-refractivity contribution in [3.8, 4) is 11.5 Å². The largest absolute Gasteiger partial charge is 0.497 e. The number of methoxy groups -OCH3 is 2. The van der Waals surface area contributed by atoms with Crippen molar-refractivity contribution in [2.24, 2.45) is 0 Å². The molecule has 0 atom stereocenters. The number of halogens is 1. The molecule has 0 fully saturated rings. The minimum Gasteiger partial charge on any atom is -0.497 e. The minimum absolute atomic E-state index is 0.0250. The van der Waals surface area contributed by atoms with Gasteiger partial charge in [0.2, 0.25) is 0 Å². The molecule has 0 heterocycles. The second kappa shape index (κ2) is 9.06. The Morgan fingerprint density at radius 1 is 0.833 bits per heavy atom. The summed E-state index contributed by atoms with van der Waals surface area (Å²) >= 11 is 5.81. The van der Waals surface area contributed by atoms with Gasteiger partial charge in [0, 0.05) is 40.2 Å². The van der Waals surface area contributed by atoms with Gasteiger partial charge >= 0.3 is 0 Å². The third kappa shape index (κ3) is 5.22. The second-order valence-corrected chi connectivity index (χ2v) is 8.31. The summed E-state index contributed by atoms with van der Waals surface area (Å²) in [6.07, 6.45) is 0. The van der Waals surface area contributed by atoms with Crippen molar-refractivity contribution in [2.75, 3.05) is 24.3 Å². The number of anilines is 2. The molecule has 7 nitrogen and oxygen atoms in total. The maximum Gasteiger partial charge on any atom is 0.261 e. The molecule has 0 aromatic heterocycles. The highest BCUT2D eigenvalue weighted by Gasteiger charge is 2.16. The lowest BCUT2D eigenvalue weighted by molar-refractivity contribution is 0.102. The molecule has 3 aromatic rings. The maximum atomic E-state index is 12.5. The molecule has 0 saturated carbocycles. The van der Waals surface area contributed by atoms with Crippen molar-refractivity contribution in [3.63, 3.8) is 0 Å². The second-order valence-electron chi connectivity index (χ2n) is 6.19. The first-order valence-electron chi connectivity index (χ1n) is 8.73. The number of carbonyl (C=O) groups is 1. The third-order valence-corrected chi connectivity index (χ3v) is 5.78. The number of ether oxygens (including phenoxy) is 2. The van der Waals surface area contributed by atoms with E-state index in [-0.39, 0.29) is 4.90 Å². The van der Waals surface area contributed by atoms with E-state index in [0.717, 1.165) is 0 Å². The fourth-order valence-electron chi connectivity index (χ4n) is 2.60. The van der Waals surface area contributed by atoms with E-state index in [9.17, 15) is 13.2 Å². The van der Waals surface area contributed by atoms with E-state index in [1.54, 1.807) is 42.5 Å². The highest BCUT2D eigenvalue weighted by atomic mass is 35.5. The minimum atomic E-state index is -3.80. The van der Waals surface area contributed by atoms with Gasteiger partial charge < -0.3 is 14.8 Å². The Labute approximate surface area is 179 Å². The molecule has 1 amide bonds. The summed E-state index contributed by atoms with van der Waals surface area (Å²) in [5.41, 5.74) is 1.16. The molecular formula is C21H19ClN2O5S. The fraction of sp³-hybridized carbons (Fsp3) is 0.0952. The van der Waals surface area contributed by atoms with Gasteiger partial charge in [-0.3, -0.25) is 9.52 Å². The van der Waals surface area contributed by atoms with Crippen molar-refractivity contribution >= 4 is 38.9 Å². The van der Waals surface area contributed by atoms with Gasteiger partial charge in [0.05, 0.1) is 19.1 Å². The van der Waals surface area contributed by atoms with E-state index in [0.29, 0.717) is 33.5 Å². The van der Waals surface area contributed by atoms with Crippen LogP contribution in [0.2, 0.25) is 5.02 Å². The molecule has 156 valence electrons. The van der Waals surface area contributed by atoms with E-state index in [1.165, 1.54) is 38.5 Å². The fourth-order valence-corrected chi connectivity index (χ4v) is 3.78. The Balaban J connectivity index is 1.74. The Kier molecular flexibility index (Phi) is 6.49. The average molecular weight is 447 g/mol. The predicted octanol–water partition coefficient (Wildman–Crippen LogP) is 4.41. The molecule has 0 saturated heterocycles. The van der Waals surface area contributed by atoms with Crippen LogP contribution in [-0.2, 0) is 10.0 Å². The highest BCUT2D eigenvalue weighted by Crippen LogP contribution is 2.26. The summed E-state index contributed by atoms with van der Waals surface area (Å²) in [6.45, 7) is 0. The smallest absolute Gasteiger partial charge is 0.261 e. The first-order chi connectivity index (χ1) is 14.3. The van der Waals surface area contributed by atoms with Gasteiger partial charge in [-0.2, -0.15) is 0 Å². The topological polar surface area (TPSA) is 93.7 Å². The number of amides is 1. The molecule has 2 N–H and O–H groups in total. The van der Waals surface area contributed by atoms with Crippen LogP contribution in [-0.4, -0.2) is 28.5 Å². The molecule has 3 aromatic carbocycles. The Hall–Kier alpha value is -3.23. The molecule has 0 aliphatic carbocycles. The Morgan fingerprint density at radius 2 is 1.40 bits per heavy atom. The Morgan fingerprint density at radius 3 is 1.93 bits per heavy atom. The van der Waals surface area contributed by atoms with Crippen molar-refractivity contribution < 1.29 is 22.7 Å². The Bertz CT molecular complexity index is 1120. The number of hydrogen-bond acceptors (Lipinski definition) is 5. The predicted molar refractivity (Wildman–Crippen MR) is 116 cm³/mol. The molecule has 9 heteroatoms. The number of sulfonamides is 1. The number of carbonyl (C=O) groups excluding carboxylic acids is 1. The van der Waals surface area contributed by atoms with Gasteiger partial charge in [-0.1, -0.05) is 11.6 Å². The number of benzene rings is 3. The van der Waals surface area contributed by atoms with E-state index >= 15 is 0 Å².